The normalized spacial score (nSPS) is 24.7. The molecule has 2 N–H and O–H groups in total. The monoisotopic (exact) mass is 248 g/mol. The minimum Gasteiger partial charge on any atom is -0.376 e. The van der Waals surface area contributed by atoms with Gasteiger partial charge >= 0.3 is 0 Å². The standard InChI is InChI=1S/C15H24N2O/c1-12-11-17(8-9-18-12)15(10-16)13(2)14-6-4-3-5-7-14/h3-7,12-13,15H,8-11,16H2,1-2H3. The third-order valence-corrected chi connectivity index (χ3v) is 3.89. The number of morpholine rings is 1. The Kier molecular flexibility index (Phi) is 4.75. The van der Waals surface area contributed by atoms with E-state index in [2.05, 4.69) is 49.1 Å². The van der Waals surface area contributed by atoms with Gasteiger partial charge in [-0.25, -0.2) is 0 Å². The minimum absolute atomic E-state index is 0.316. The average Bonchev–Trinajstić information content (AvgIpc) is 2.40. The first-order valence-corrected chi connectivity index (χ1v) is 6.83. The third-order valence-electron chi connectivity index (χ3n) is 3.89. The summed E-state index contributed by atoms with van der Waals surface area (Å²) in [7, 11) is 0. The Balaban J connectivity index is 2.08. The maximum Gasteiger partial charge on any atom is 0.0674 e. The van der Waals surface area contributed by atoms with E-state index in [-0.39, 0.29) is 0 Å². The molecule has 1 saturated heterocycles. The first kappa shape index (κ1) is 13.5. The van der Waals surface area contributed by atoms with E-state index in [0.717, 1.165) is 19.7 Å². The van der Waals surface area contributed by atoms with Crippen molar-refractivity contribution in [1.82, 2.24) is 4.90 Å². The Bertz CT molecular complexity index is 355. The maximum absolute atomic E-state index is 6.00. The summed E-state index contributed by atoms with van der Waals surface area (Å²) in [6.07, 6.45) is 0.316. The van der Waals surface area contributed by atoms with Crippen LogP contribution in [0.1, 0.15) is 25.3 Å². The van der Waals surface area contributed by atoms with Crippen LogP contribution in [0.5, 0.6) is 0 Å². The molecular formula is C15H24N2O. The molecule has 18 heavy (non-hydrogen) atoms. The average molecular weight is 248 g/mol. The minimum atomic E-state index is 0.316. The molecule has 0 aromatic heterocycles. The van der Waals surface area contributed by atoms with Gasteiger partial charge in [0.15, 0.2) is 0 Å². The number of nitrogens with two attached hydrogens (primary N) is 1. The fraction of sp³-hybridized carbons (Fsp3) is 0.600. The van der Waals surface area contributed by atoms with Crippen LogP contribution in [-0.4, -0.2) is 43.3 Å². The quantitative estimate of drug-likeness (QED) is 0.883. The molecule has 0 bridgehead atoms. The smallest absolute Gasteiger partial charge is 0.0674 e. The molecular weight excluding hydrogens is 224 g/mol. The second-order valence-electron chi connectivity index (χ2n) is 5.18. The van der Waals surface area contributed by atoms with Crippen LogP contribution in [0.15, 0.2) is 30.3 Å². The molecule has 3 heteroatoms. The summed E-state index contributed by atoms with van der Waals surface area (Å²) in [4.78, 5) is 2.48. The Hall–Kier alpha value is -0.900. The van der Waals surface area contributed by atoms with Crippen molar-refractivity contribution in [1.29, 1.82) is 0 Å². The van der Waals surface area contributed by atoms with E-state index in [1.54, 1.807) is 0 Å². The van der Waals surface area contributed by atoms with Gasteiger partial charge in [-0.3, -0.25) is 4.90 Å². The zero-order valence-electron chi connectivity index (χ0n) is 11.4. The van der Waals surface area contributed by atoms with E-state index >= 15 is 0 Å². The molecule has 0 saturated carbocycles. The number of rotatable bonds is 4. The summed E-state index contributed by atoms with van der Waals surface area (Å²) in [6, 6.07) is 11.0. The number of hydrogen-bond acceptors (Lipinski definition) is 3. The molecule has 1 aromatic carbocycles. The number of nitrogens with zero attached hydrogens (tertiary/aromatic N) is 1. The lowest BCUT2D eigenvalue weighted by Gasteiger charge is -2.39. The summed E-state index contributed by atoms with van der Waals surface area (Å²) in [5, 5.41) is 0. The molecule has 0 radical (unpaired) electrons. The highest BCUT2D eigenvalue weighted by molar-refractivity contribution is 5.20. The van der Waals surface area contributed by atoms with Crippen LogP contribution in [0.25, 0.3) is 0 Å². The molecule has 1 fully saturated rings. The number of hydrogen-bond donors (Lipinski definition) is 1. The lowest BCUT2D eigenvalue weighted by atomic mass is 9.91. The van der Waals surface area contributed by atoms with Crippen molar-refractivity contribution in [3.63, 3.8) is 0 Å². The highest BCUT2D eigenvalue weighted by atomic mass is 16.5. The Labute approximate surface area is 110 Å². The predicted molar refractivity (Wildman–Crippen MR) is 74.7 cm³/mol. The van der Waals surface area contributed by atoms with Gasteiger partial charge in [0, 0.05) is 25.7 Å². The van der Waals surface area contributed by atoms with Crippen molar-refractivity contribution in [2.75, 3.05) is 26.2 Å². The Morgan fingerprint density at radius 2 is 2.11 bits per heavy atom. The molecule has 1 aliphatic heterocycles. The molecule has 0 spiro atoms. The topological polar surface area (TPSA) is 38.5 Å². The SMILES string of the molecule is CC1CN(C(CN)C(C)c2ccccc2)CCO1. The number of ether oxygens (including phenoxy) is 1. The van der Waals surface area contributed by atoms with Crippen LogP contribution in [0.4, 0.5) is 0 Å². The third kappa shape index (κ3) is 3.10. The van der Waals surface area contributed by atoms with E-state index < -0.39 is 0 Å². The Morgan fingerprint density at radius 1 is 1.39 bits per heavy atom. The van der Waals surface area contributed by atoms with Crippen LogP contribution in [-0.2, 0) is 4.74 Å². The summed E-state index contributed by atoms with van der Waals surface area (Å²) >= 11 is 0. The van der Waals surface area contributed by atoms with Gasteiger partial charge in [-0.2, -0.15) is 0 Å². The van der Waals surface area contributed by atoms with Crippen LogP contribution >= 0.6 is 0 Å². The molecule has 1 aromatic rings. The van der Waals surface area contributed by atoms with Crippen molar-refractivity contribution < 1.29 is 4.74 Å². The molecule has 0 aliphatic carbocycles. The molecule has 3 nitrogen and oxygen atoms in total. The summed E-state index contributed by atoms with van der Waals surface area (Å²) in [6.45, 7) is 7.89. The van der Waals surface area contributed by atoms with E-state index in [4.69, 9.17) is 10.5 Å². The highest BCUT2D eigenvalue weighted by Gasteiger charge is 2.27. The lowest BCUT2D eigenvalue weighted by molar-refractivity contribution is -0.0359. The second-order valence-corrected chi connectivity index (χ2v) is 5.18. The van der Waals surface area contributed by atoms with E-state index in [9.17, 15) is 0 Å². The van der Waals surface area contributed by atoms with Gasteiger partial charge in [0.1, 0.15) is 0 Å². The lowest BCUT2D eigenvalue weighted by Crippen LogP contribution is -2.51. The molecule has 3 unspecified atom stereocenters. The van der Waals surface area contributed by atoms with Crippen LogP contribution in [0.3, 0.4) is 0 Å². The van der Waals surface area contributed by atoms with Gasteiger partial charge in [-0.05, 0) is 18.4 Å². The molecule has 0 amide bonds. The van der Waals surface area contributed by atoms with Crippen LogP contribution < -0.4 is 5.73 Å². The zero-order chi connectivity index (χ0) is 13.0. The van der Waals surface area contributed by atoms with Gasteiger partial charge < -0.3 is 10.5 Å². The number of benzene rings is 1. The highest BCUT2D eigenvalue weighted by Crippen LogP contribution is 2.24. The summed E-state index contributed by atoms with van der Waals surface area (Å²) in [5.41, 5.74) is 7.37. The summed E-state index contributed by atoms with van der Waals surface area (Å²) in [5.74, 6) is 0.460. The zero-order valence-corrected chi connectivity index (χ0v) is 11.4. The van der Waals surface area contributed by atoms with Gasteiger partial charge in [-0.1, -0.05) is 37.3 Å². The van der Waals surface area contributed by atoms with Gasteiger partial charge in [0.2, 0.25) is 0 Å². The molecule has 100 valence electrons. The van der Waals surface area contributed by atoms with Gasteiger partial charge in [-0.15, -0.1) is 0 Å². The van der Waals surface area contributed by atoms with Crippen molar-refractivity contribution in [2.45, 2.75) is 31.9 Å². The molecule has 3 atom stereocenters. The fourth-order valence-electron chi connectivity index (χ4n) is 2.79. The van der Waals surface area contributed by atoms with Crippen molar-refractivity contribution in [3.8, 4) is 0 Å². The van der Waals surface area contributed by atoms with Crippen LogP contribution in [0, 0.1) is 0 Å². The molecule has 2 rings (SSSR count). The maximum atomic E-state index is 6.00. The van der Waals surface area contributed by atoms with Crippen molar-refractivity contribution >= 4 is 0 Å². The first-order chi connectivity index (χ1) is 8.72. The van der Waals surface area contributed by atoms with E-state index in [0.29, 0.717) is 24.6 Å². The largest absolute Gasteiger partial charge is 0.376 e. The molecule has 1 aliphatic rings. The van der Waals surface area contributed by atoms with Crippen molar-refractivity contribution in [3.05, 3.63) is 35.9 Å². The van der Waals surface area contributed by atoms with E-state index in [1.165, 1.54) is 5.56 Å². The van der Waals surface area contributed by atoms with E-state index in [1.807, 2.05) is 0 Å². The van der Waals surface area contributed by atoms with Crippen LogP contribution in [0.2, 0.25) is 0 Å². The summed E-state index contributed by atoms with van der Waals surface area (Å²) < 4.78 is 5.61. The van der Waals surface area contributed by atoms with Crippen molar-refractivity contribution in [2.24, 2.45) is 5.73 Å². The second kappa shape index (κ2) is 6.32. The molecule has 1 heterocycles. The van der Waals surface area contributed by atoms with Gasteiger partial charge in [0.25, 0.3) is 0 Å². The fourth-order valence-corrected chi connectivity index (χ4v) is 2.79. The predicted octanol–water partition coefficient (Wildman–Crippen LogP) is 1.84. The van der Waals surface area contributed by atoms with Gasteiger partial charge in [0.05, 0.1) is 12.7 Å². The Morgan fingerprint density at radius 3 is 2.72 bits per heavy atom. The first-order valence-electron chi connectivity index (χ1n) is 6.83.